The molecule has 24 heavy (non-hydrogen) atoms. The molecule has 0 radical (unpaired) electrons. The molecular weight excluding hydrogens is 471 g/mol. The topological polar surface area (TPSA) is 0 Å². The van der Waals surface area contributed by atoms with Crippen molar-refractivity contribution in [3.8, 4) is 0 Å². The third-order valence-corrected chi connectivity index (χ3v) is 32.0. The number of hydrogen-bond donors (Lipinski definition) is 0. The molecule has 2 unspecified atom stereocenters. The Hall–Kier alpha value is -0.993. The monoisotopic (exact) mass is 498 g/mol. The average molecular weight is 497 g/mol. The Morgan fingerprint density at radius 3 is 1.50 bits per heavy atom. The van der Waals surface area contributed by atoms with Crippen LogP contribution in [-0.2, 0) is 17.1 Å². The Morgan fingerprint density at radius 1 is 0.708 bits per heavy atom. The van der Waals surface area contributed by atoms with E-state index in [1.54, 1.807) is 22.3 Å². The third-order valence-electron chi connectivity index (χ3n) is 6.19. The molecule has 2 heteroatoms. The first-order valence-corrected chi connectivity index (χ1v) is 28.6. The minimum absolute atomic E-state index is 0.663. The van der Waals surface area contributed by atoms with E-state index in [4.69, 9.17) is 0 Å². The molecular formula is C22H26HfSi. The van der Waals surface area contributed by atoms with E-state index in [0.29, 0.717) is 7.35 Å². The van der Waals surface area contributed by atoms with Gasteiger partial charge in [0.15, 0.2) is 0 Å². The average Bonchev–Trinajstić information content (AvgIpc) is 3.02. The summed E-state index contributed by atoms with van der Waals surface area (Å²) >= 11 is -3.28. The van der Waals surface area contributed by atoms with Crippen LogP contribution in [0.25, 0.3) is 12.2 Å². The number of allylic oxidation sites excluding steroid dienone is 2. The third kappa shape index (κ3) is 2.26. The van der Waals surface area contributed by atoms with Crippen molar-refractivity contribution >= 4 is 19.1 Å². The molecule has 2 atom stereocenters. The molecule has 0 fully saturated rings. The number of benzene rings is 2. The molecule has 0 heterocycles. The Kier molecular flexibility index (Phi) is 3.60. The minimum atomic E-state index is -3.28. The predicted molar refractivity (Wildman–Crippen MR) is 106 cm³/mol. The molecule has 0 saturated heterocycles. The summed E-state index contributed by atoms with van der Waals surface area (Å²) in [6.45, 7) is 7.14. The molecule has 0 nitrogen and oxygen atoms in total. The molecule has 0 spiro atoms. The van der Waals surface area contributed by atoms with Crippen LogP contribution in [-0.4, -0.2) is 6.94 Å². The first-order chi connectivity index (χ1) is 11.3. The van der Waals surface area contributed by atoms with E-state index in [-0.39, 0.29) is 0 Å². The van der Waals surface area contributed by atoms with E-state index < -0.39 is 17.1 Å². The van der Waals surface area contributed by atoms with Gasteiger partial charge in [-0.1, -0.05) is 0 Å². The molecule has 0 aliphatic heterocycles. The molecule has 4 rings (SSSR count). The maximum absolute atomic E-state index is 3.28. The summed E-state index contributed by atoms with van der Waals surface area (Å²) in [5.74, 6) is 0. The van der Waals surface area contributed by atoms with Gasteiger partial charge in [0.1, 0.15) is 0 Å². The van der Waals surface area contributed by atoms with E-state index in [9.17, 15) is 0 Å². The van der Waals surface area contributed by atoms with Crippen molar-refractivity contribution in [2.45, 2.75) is 30.6 Å². The standard InChI is InChI=1S/2C10H9.2CH3.Hf.H2Si/c2*1-8-6-9-4-2-3-5-10(9)7-8;;;;/h2*2-7H,1H3;2*1H3;;1H2. The second kappa shape index (κ2) is 5.25. The van der Waals surface area contributed by atoms with E-state index in [0.717, 1.165) is 0 Å². The summed E-state index contributed by atoms with van der Waals surface area (Å²) in [5, 5.41) is 0. The predicted octanol–water partition coefficient (Wildman–Crippen LogP) is 5.64. The van der Waals surface area contributed by atoms with Gasteiger partial charge in [-0.3, -0.25) is 0 Å². The number of fused-ring (bicyclic) bond motifs is 2. The molecule has 0 saturated carbocycles. The van der Waals surface area contributed by atoms with Crippen molar-refractivity contribution in [1.29, 1.82) is 0 Å². The van der Waals surface area contributed by atoms with Gasteiger partial charge in [0, 0.05) is 0 Å². The normalized spacial score (nSPS) is 22.7. The van der Waals surface area contributed by atoms with Crippen LogP contribution < -0.4 is 0 Å². The first kappa shape index (κ1) is 16.5. The van der Waals surface area contributed by atoms with Crippen LogP contribution in [0.4, 0.5) is 0 Å². The quantitative estimate of drug-likeness (QED) is 0.472. The molecule has 2 aromatic rings. The van der Waals surface area contributed by atoms with Gasteiger partial charge in [0.25, 0.3) is 0 Å². The van der Waals surface area contributed by atoms with Crippen molar-refractivity contribution in [3.05, 3.63) is 81.9 Å². The second-order valence-electron chi connectivity index (χ2n) is 8.84. The fraction of sp³-hybridized carbons (Fsp3) is 0.273. The Balaban J connectivity index is 1.93. The van der Waals surface area contributed by atoms with Crippen molar-refractivity contribution in [1.82, 2.24) is 0 Å². The molecule has 2 aromatic carbocycles. The van der Waals surface area contributed by atoms with Crippen molar-refractivity contribution in [3.63, 3.8) is 0 Å². The Morgan fingerprint density at radius 2 is 1.08 bits per heavy atom. The van der Waals surface area contributed by atoms with Crippen molar-refractivity contribution in [2.24, 2.45) is 0 Å². The second-order valence-corrected chi connectivity index (χ2v) is 52.3. The van der Waals surface area contributed by atoms with Crippen LogP contribution in [0.2, 0.25) is 9.36 Å². The summed E-state index contributed by atoms with van der Waals surface area (Å²) in [5.41, 5.74) is 9.25. The van der Waals surface area contributed by atoms with E-state index in [1.165, 1.54) is 11.1 Å². The molecule has 0 bridgehead atoms. The van der Waals surface area contributed by atoms with Gasteiger partial charge in [-0.2, -0.15) is 0 Å². The van der Waals surface area contributed by atoms with Crippen molar-refractivity contribution < 1.29 is 17.1 Å². The van der Waals surface area contributed by atoms with Gasteiger partial charge in [-0.25, -0.2) is 0 Å². The van der Waals surface area contributed by atoms with E-state index >= 15 is 0 Å². The first-order valence-electron chi connectivity index (χ1n) is 8.90. The number of rotatable bonds is 2. The van der Waals surface area contributed by atoms with Gasteiger partial charge >= 0.3 is 149 Å². The van der Waals surface area contributed by atoms with Gasteiger partial charge in [-0.05, 0) is 0 Å². The summed E-state index contributed by atoms with van der Waals surface area (Å²) in [6.07, 6.45) is 4.88. The summed E-state index contributed by atoms with van der Waals surface area (Å²) in [6, 6.07) is 18.1. The van der Waals surface area contributed by atoms with Gasteiger partial charge in [0.05, 0.1) is 0 Å². The molecule has 2 aliphatic carbocycles. The van der Waals surface area contributed by atoms with Crippen LogP contribution in [0.1, 0.15) is 43.5 Å². The van der Waals surface area contributed by atoms with Crippen LogP contribution >= 0.6 is 0 Å². The van der Waals surface area contributed by atoms with Gasteiger partial charge in [0.2, 0.25) is 0 Å². The van der Waals surface area contributed by atoms with E-state index in [1.807, 2.05) is 0 Å². The molecule has 2 aliphatic rings. The molecule has 0 aromatic heterocycles. The zero-order valence-corrected chi connectivity index (χ0v) is 20.1. The summed E-state index contributed by atoms with van der Waals surface area (Å²) in [4.78, 5) is 0. The zero-order chi connectivity index (χ0) is 17.1. The Bertz CT molecular complexity index is 897. The molecule has 0 amide bonds. The molecule has 122 valence electrons. The Labute approximate surface area is 148 Å². The molecule has 0 N–H and O–H groups in total. The maximum atomic E-state index is 2.70. The van der Waals surface area contributed by atoms with Gasteiger partial charge in [-0.15, -0.1) is 0 Å². The SMILES string of the molecule is CC1=Cc2ccccc2[CH]1[Hf]([CH3])([CH3])(=[SiH2])[CH]1C(C)=Cc2ccccc21. The fourth-order valence-corrected chi connectivity index (χ4v) is 36.3. The number of hydrogen-bond acceptors (Lipinski definition) is 0. The zero-order valence-electron chi connectivity index (χ0n) is 15.1. The van der Waals surface area contributed by atoms with Gasteiger partial charge < -0.3 is 0 Å². The van der Waals surface area contributed by atoms with Crippen LogP contribution in [0, 0.1) is 0 Å². The summed E-state index contributed by atoms with van der Waals surface area (Å²) < 4.78 is 6.72. The van der Waals surface area contributed by atoms with Crippen LogP contribution in [0.3, 0.4) is 0 Å². The summed E-state index contributed by atoms with van der Waals surface area (Å²) in [7, 11) is 0. The fourth-order valence-electron chi connectivity index (χ4n) is 5.64. The van der Waals surface area contributed by atoms with E-state index in [2.05, 4.69) is 90.8 Å². The van der Waals surface area contributed by atoms with Crippen LogP contribution in [0.5, 0.6) is 0 Å². The van der Waals surface area contributed by atoms with Crippen LogP contribution in [0.15, 0.2) is 59.7 Å². The van der Waals surface area contributed by atoms with Crippen molar-refractivity contribution in [2.75, 3.05) is 0 Å².